The fourth-order valence-corrected chi connectivity index (χ4v) is 2.00. The molecular formula is C13H12F4N2O2. The van der Waals surface area contributed by atoms with Crippen molar-refractivity contribution in [3.8, 4) is 0 Å². The summed E-state index contributed by atoms with van der Waals surface area (Å²) >= 11 is 0. The molecule has 1 aliphatic heterocycles. The van der Waals surface area contributed by atoms with Gasteiger partial charge in [0.1, 0.15) is 5.71 Å². The minimum Gasteiger partial charge on any atom is -0.364 e. The molecule has 1 aromatic carbocycles. The Morgan fingerprint density at radius 2 is 1.90 bits per heavy atom. The van der Waals surface area contributed by atoms with E-state index in [4.69, 9.17) is 0 Å². The van der Waals surface area contributed by atoms with Crippen molar-refractivity contribution in [2.24, 2.45) is 5.10 Å². The molecule has 0 radical (unpaired) electrons. The molecule has 8 heteroatoms. The molecule has 1 aliphatic rings. The van der Waals surface area contributed by atoms with Crippen LogP contribution in [-0.4, -0.2) is 40.3 Å². The largest absolute Gasteiger partial charge is 0.364 e. The molecule has 21 heavy (non-hydrogen) atoms. The zero-order chi connectivity index (χ0) is 15.6. The van der Waals surface area contributed by atoms with Crippen LogP contribution in [0.5, 0.6) is 0 Å². The van der Waals surface area contributed by atoms with Gasteiger partial charge in [-0.25, -0.2) is 17.6 Å². The summed E-state index contributed by atoms with van der Waals surface area (Å²) in [5.74, 6) is -0.973. The van der Waals surface area contributed by atoms with Crippen LogP contribution in [0, 0.1) is 0 Å². The lowest BCUT2D eigenvalue weighted by Crippen LogP contribution is -2.52. The van der Waals surface area contributed by atoms with E-state index in [1.165, 1.54) is 0 Å². The summed E-state index contributed by atoms with van der Waals surface area (Å²) in [5.41, 5.74) is -3.45. The highest BCUT2D eigenvalue weighted by molar-refractivity contribution is 5.93. The Hall–Kier alpha value is -1.96. The molecule has 1 heterocycles. The van der Waals surface area contributed by atoms with Gasteiger partial charge < -0.3 is 5.11 Å². The summed E-state index contributed by atoms with van der Waals surface area (Å²) in [5, 5.41) is 13.1. The molecule has 1 aromatic rings. The number of alkyl halides is 4. The molecule has 0 fully saturated rings. The van der Waals surface area contributed by atoms with Crippen molar-refractivity contribution in [3.63, 3.8) is 0 Å². The van der Waals surface area contributed by atoms with Gasteiger partial charge in [-0.2, -0.15) is 10.1 Å². The number of carbonyl (C=O) groups excluding carboxylic acids is 1. The summed E-state index contributed by atoms with van der Waals surface area (Å²) in [6.07, 6.45) is -7.90. The van der Waals surface area contributed by atoms with E-state index >= 15 is 0 Å². The number of amides is 1. The van der Waals surface area contributed by atoms with Crippen LogP contribution in [0.4, 0.5) is 17.6 Å². The highest BCUT2D eigenvalue weighted by Gasteiger charge is 2.53. The Labute approximate surface area is 117 Å². The van der Waals surface area contributed by atoms with Gasteiger partial charge in [-0.05, 0) is 5.56 Å². The fourth-order valence-electron chi connectivity index (χ4n) is 2.00. The average molecular weight is 304 g/mol. The SMILES string of the molecule is O=C(Cc1ccccc1)N1N=C(C(F)F)CC1(O)C(F)F. The molecule has 0 aliphatic carbocycles. The molecule has 1 unspecified atom stereocenters. The van der Waals surface area contributed by atoms with Crippen LogP contribution >= 0.6 is 0 Å². The number of hydrogen-bond donors (Lipinski definition) is 1. The van der Waals surface area contributed by atoms with E-state index in [-0.39, 0.29) is 11.4 Å². The first-order valence-corrected chi connectivity index (χ1v) is 6.07. The standard InChI is InChI=1S/C13H12F4N2O2/c14-11(15)9-7-13(21,12(16)17)19(18-9)10(20)6-8-4-2-1-3-5-8/h1-5,11-12,21H,6-7H2. The number of benzene rings is 1. The number of halogens is 4. The van der Waals surface area contributed by atoms with E-state index in [9.17, 15) is 27.5 Å². The Balaban J connectivity index is 2.23. The number of hydrogen-bond acceptors (Lipinski definition) is 3. The summed E-state index contributed by atoms with van der Waals surface area (Å²) in [4.78, 5) is 12.0. The molecule has 1 amide bonds. The third kappa shape index (κ3) is 3.05. The van der Waals surface area contributed by atoms with Gasteiger partial charge in [-0.1, -0.05) is 30.3 Å². The van der Waals surface area contributed by atoms with Gasteiger partial charge >= 0.3 is 0 Å². The quantitative estimate of drug-likeness (QED) is 0.865. The monoisotopic (exact) mass is 304 g/mol. The molecule has 4 nitrogen and oxygen atoms in total. The molecule has 1 atom stereocenters. The van der Waals surface area contributed by atoms with Crippen molar-refractivity contribution < 1.29 is 27.5 Å². The van der Waals surface area contributed by atoms with Crippen LogP contribution < -0.4 is 0 Å². The number of carbonyl (C=O) groups is 1. The van der Waals surface area contributed by atoms with Crippen molar-refractivity contribution in [2.45, 2.75) is 31.4 Å². The first-order valence-electron chi connectivity index (χ1n) is 6.07. The Kier molecular flexibility index (Phi) is 4.26. The van der Waals surface area contributed by atoms with Crippen molar-refractivity contribution in [2.75, 3.05) is 0 Å². The van der Waals surface area contributed by atoms with Gasteiger partial charge in [-0.15, -0.1) is 0 Å². The minimum absolute atomic E-state index is 0.0756. The summed E-state index contributed by atoms with van der Waals surface area (Å²) < 4.78 is 51.1. The van der Waals surface area contributed by atoms with Crippen LogP contribution in [0.2, 0.25) is 0 Å². The third-order valence-electron chi connectivity index (χ3n) is 3.07. The molecule has 2 rings (SSSR count). The molecule has 0 saturated heterocycles. The summed E-state index contributed by atoms with van der Waals surface area (Å²) in [6, 6.07) is 8.13. The van der Waals surface area contributed by atoms with Gasteiger partial charge in [0.05, 0.1) is 6.42 Å². The smallest absolute Gasteiger partial charge is 0.287 e. The fraction of sp³-hybridized carbons (Fsp3) is 0.385. The van der Waals surface area contributed by atoms with E-state index in [0.29, 0.717) is 5.56 Å². The second-order valence-electron chi connectivity index (χ2n) is 4.62. The Morgan fingerprint density at radius 1 is 1.29 bits per heavy atom. The second kappa shape index (κ2) is 5.80. The lowest BCUT2D eigenvalue weighted by Gasteiger charge is -2.30. The number of nitrogens with zero attached hydrogens (tertiary/aromatic N) is 2. The van der Waals surface area contributed by atoms with Crippen LogP contribution in [0.15, 0.2) is 35.4 Å². The van der Waals surface area contributed by atoms with Crippen LogP contribution in [0.25, 0.3) is 0 Å². The van der Waals surface area contributed by atoms with Gasteiger partial charge in [0, 0.05) is 6.42 Å². The van der Waals surface area contributed by atoms with Crippen LogP contribution in [-0.2, 0) is 11.2 Å². The first-order chi connectivity index (χ1) is 9.84. The lowest BCUT2D eigenvalue weighted by molar-refractivity contribution is -0.191. The van der Waals surface area contributed by atoms with Crippen molar-refractivity contribution in [1.82, 2.24) is 5.01 Å². The second-order valence-corrected chi connectivity index (χ2v) is 4.62. The topological polar surface area (TPSA) is 52.9 Å². The first kappa shape index (κ1) is 15.4. The predicted molar refractivity (Wildman–Crippen MR) is 66.0 cm³/mol. The van der Waals surface area contributed by atoms with E-state index < -0.39 is 36.6 Å². The normalized spacial score (nSPS) is 22.0. The predicted octanol–water partition coefficient (Wildman–Crippen LogP) is 2.04. The van der Waals surface area contributed by atoms with Gasteiger partial charge in [0.2, 0.25) is 11.6 Å². The minimum atomic E-state index is -3.41. The molecule has 0 aromatic heterocycles. The molecular weight excluding hydrogens is 292 g/mol. The number of aliphatic hydroxyl groups is 1. The van der Waals surface area contributed by atoms with Crippen LogP contribution in [0.3, 0.4) is 0 Å². The van der Waals surface area contributed by atoms with Crippen molar-refractivity contribution in [1.29, 1.82) is 0 Å². The lowest BCUT2D eigenvalue weighted by atomic mass is 10.1. The van der Waals surface area contributed by atoms with Crippen LogP contribution in [0.1, 0.15) is 12.0 Å². The highest BCUT2D eigenvalue weighted by atomic mass is 19.3. The average Bonchev–Trinajstić information content (AvgIpc) is 2.80. The third-order valence-corrected chi connectivity index (χ3v) is 3.07. The molecule has 0 bridgehead atoms. The summed E-state index contributed by atoms with van der Waals surface area (Å²) in [6.45, 7) is 0. The maximum Gasteiger partial charge on any atom is 0.287 e. The molecule has 114 valence electrons. The molecule has 1 N–H and O–H groups in total. The highest BCUT2D eigenvalue weighted by Crippen LogP contribution is 2.33. The molecule has 0 saturated carbocycles. The Morgan fingerprint density at radius 3 is 2.43 bits per heavy atom. The maximum atomic E-state index is 12.9. The van der Waals surface area contributed by atoms with E-state index in [1.54, 1.807) is 30.3 Å². The maximum absolute atomic E-state index is 12.9. The van der Waals surface area contributed by atoms with Crippen molar-refractivity contribution >= 4 is 11.6 Å². The van der Waals surface area contributed by atoms with E-state index in [0.717, 1.165) is 0 Å². The zero-order valence-corrected chi connectivity index (χ0v) is 10.7. The summed E-state index contributed by atoms with van der Waals surface area (Å²) in [7, 11) is 0. The van der Waals surface area contributed by atoms with E-state index in [2.05, 4.69) is 5.10 Å². The van der Waals surface area contributed by atoms with Gasteiger partial charge in [0.15, 0.2) is 0 Å². The van der Waals surface area contributed by atoms with Gasteiger partial charge in [-0.3, -0.25) is 4.79 Å². The number of rotatable bonds is 4. The van der Waals surface area contributed by atoms with Crippen molar-refractivity contribution in [3.05, 3.63) is 35.9 Å². The Bertz CT molecular complexity index is 550. The van der Waals surface area contributed by atoms with Gasteiger partial charge in [0.25, 0.3) is 12.9 Å². The molecule has 0 spiro atoms. The zero-order valence-electron chi connectivity index (χ0n) is 10.7. The van der Waals surface area contributed by atoms with E-state index in [1.807, 2.05) is 0 Å². The number of hydrazone groups is 1.